The van der Waals surface area contributed by atoms with Crippen LogP contribution in [0.5, 0.6) is 0 Å². The Labute approximate surface area is 109 Å². The molecule has 0 aliphatic heterocycles. The zero-order valence-corrected chi connectivity index (χ0v) is 11.4. The van der Waals surface area contributed by atoms with Crippen LogP contribution < -0.4 is 29.6 Å². The van der Waals surface area contributed by atoms with E-state index in [1.807, 2.05) is 12.1 Å². The normalized spacial score (nSPS) is 9.31. The largest absolute Gasteiger partial charge is 1.00 e. The predicted molar refractivity (Wildman–Crippen MR) is 55.3 cm³/mol. The predicted octanol–water partition coefficient (Wildman–Crippen LogP) is 0.329. The van der Waals surface area contributed by atoms with Crippen LogP contribution in [0.2, 0.25) is 0 Å². The van der Waals surface area contributed by atoms with Gasteiger partial charge >= 0.3 is 29.6 Å². The van der Waals surface area contributed by atoms with E-state index >= 15 is 0 Å². The van der Waals surface area contributed by atoms with Crippen molar-refractivity contribution in [1.82, 2.24) is 0 Å². The third-order valence-electron chi connectivity index (χ3n) is 1.99. The van der Waals surface area contributed by atoms with Crippen molar-refractivity contribution in [2.75, 3.05) is 0 Å². The Morgan fingerprint density at radius 2 is 1.69 bits per heavy atom. The first-order valence-corrected chi connectivity index (χ1v) is 4.99. The Bertz CT molecular complexity index is 218. The Morgan fingerprint density at radius 3 is 2.23 bits per heavy atom. The summed E-state index contributed by atoms with van der Waals surface area (Å²) in [5, 5.41) is 0. The van der Waals surface area contributed by atoms with E-state index in [0.29, 0.717) is 0 Å². The van der Waals surface area contributed by atoms with E-state index in [4.69, 9.17) is 12.6 Å². The number of unbranched alkanes of at least 4 members (excludes halogenated alkanes) is 2. The van der Waals surface area contributed by atoms with Crippen LogP contribution >= 0.6 is 0 Å². The molecule has 13 heavy (non-hydrogen) atoms. The van der Waals surface area contributed by atoms with E-state index in [-0.39, 0.29) is 29.6 Å². The van der Waals surface area contributed by atoms with Gasteiger partial charge in [0.2, 0.25) is 0 Å². The van der Waals surface area contributed by atoms with E-state index in [1.165, 1.54) is 31.2 Å². The second kappa shape index (κ2) is 7.81. The molecular weight excluding hydrogens is 187 g/mol. The zero-order valence-electron chi connectivity index (χ0n) is 8.55. The fourth-order valence-corrected chi connectivity index (χ4v) is 1.37. The molecule has 0 heterocycles. The molecule has 0 nitrogen and oxygen atoms in total. The molecule has 0 aliphatic carbocycles. The van der Waals surface area contributed by atoms with Gasteiger partial charge in [-0.05, 0) is 18.4 Å². The summed E-state index contributed by atoms with van der Waals surface area (Å²) in [6, 6.07) is 8.29. The number of hydrogen-bond donors (Lipinski definition) is 0. The molecule has 2 heteroatoms. The third kappa shape index (κ3) is 5.69. The summed E-state index contributed by atoms with van der Waals surface area (Å²) in [5.74, 6) is 0. The molecule has 0 atom stereocenters. The van der Waals surface area contributed by atoms with Gasteiger partial charge in [-0.2, -0.15) is 4.90 Å². The Kier molecular flexibility index (Phi) is 8.07. The van der Waals surface area contributed by atoms with Crippen molar-refractivity contribution in [3.8, 4) is 0 Å². The number of benzene rings is 1. The molecule has 0 aromatic heterocycles. The molecule has 0 unspecified atom stereocenters. The topological polar surface area (TPSA) is 0 Å². The summed E-state index contributed by atoms with van der Waals surface area (Å²) in [5.41, 5.74) is 1.41. The van der Waals surface area contributed by atoms with Gasteiger partial charge in [-0.25, -0.2) is 0 Å². The van der Waals surface area contributed by atoms with Gasteiger partial charge in [0.15, 0.2) is 0 Å². The van der Waals surface area contributed by atoms with Gasteiger partial charge in [0.1, 0.15) is 0 Å². The van der Waals surface area contributed by atoms with Crippen LogP contribution in [0.3, 0.4) is 0 Å². The average molecular weight is 202 g/mol. The van der Waals surface area contributed by atoms with Gasteiger partial charge in [0.25, 0.3) is 0 Å². The first kappa shape index (κ1) is 13.4. The van der Waals surface area contributed by atoms with Gasteiger partial charge in [-0.15, -0.1) is 0 Å². The first-order valence-electron chi connectivity index (χ1n) is 4.59. The van der Waals surface area contributed by atoms with Crippen LogP contribution in [0.4, 0.5) is 0 Å². The third-order valence-corrected chi connectivity index (χ3v) is 2.26. The van der Waals surface area contributed by atoms with Gasteiger partial charge in [-0.3, -0.25) is 0 Å². The molecule has 0 saturated carbocycles. The van der Waals surface area contributed by atoms with Gasteiger partial charge in [0, 0.05) is 0 Å². The van der Waals surface area contributed by atoms with E-state index in [1.54, 1.807) is 0 Å². The fourth-order valence-electron chi connectivity index (χ4n) is 1.24. The van der Waals surface area contributed by atoms with E-state index < -0.39 is 0 Å². The zero-order chi connectivity index (χ0) is 8.81. The minimum atomic E-state index is 0. The molecule has 0 fully saturated rings. The Hall–Kier alpha value is 0.440. The molecule has 1 aromatic carbocycles. The standard InChI is InChI=1S/C11H16S.Na/c1-2-3-4-5-10-6-8-11(12)9-7-10;/h6-9,12H,2-5H2,1H3;/q;+1/p-1. The maximum absolute atomic E-state index is 5.01. The van der Waals surface area contributed by atoms with Crippen molar-refractivity contribution in [2.45, 2.75) is 37.5 Å². The minimum Gasteiger partial charge on any atom is -0.780 e. The van der Waals surface area contributed by atoms with Crippen molar-refractivity contribution in [3.63, 3.8) is 0 Å². The van der Waals surface area contributed by atoms with E-state index in [0.717, 1.165) is 4.90 Å². The number of rotatable bonds is 4. The molecule has 66 valence electrons. The second-order valence-electron chi connectivity index (χ2n) is 3.10. The average Bonchev–Trinajstić information content (AvgIpc) is 2.09. The number of aryl methyl sites for hydroxylation is 1. The monoisotopic (exact) mass is 202 g/mol. The minimum absolute atomic E-state index is 0. The SMILES string of the molecule is CCCCCc1ccc([S-])cc1.[Na+]. The molecule has 0 saturated heterocycles. The smallest absolute Gasteiger partial charge is 0.780 e. The van der Waals surface area contributed by atoms with Crippen LogP contribution in [0.1, 0.15) is 31.7 Å². The van der Waals surface area contributed by atoms with Crippen molar-refractivity contribution >= 4 is 12.6 Å². The Morgan fingerprint density at radius 1 is 1.08 bits per heavy atom. The fraction of sp³-hybridized carbons (Fsp3) is 0.455. The summed E-state index contributed by atoms with van der Waals surface area (Å²) in [4.78, 5) is 0.939. The quantitative estimate of drug-likeness (QED) is 0.385. The van der Waals surface area contributed by atoms with Crippen molar-refractivity contribution < 1.29 is 29.6 Å². The summed E-state index contributed by atoms with van der Waals surface area (Å²) >= 11 is 5.01. The van der Waals surface area contributed by atoms with Crippen LogP contribution in [0, 0.1) is 0 Å². The van der Waals surface area contributed by atoms with Crippen LogP contribution in [0.15, 0.2) is 29.2 Å². The second-order valence-corrected chi connectivity index (χ2v) is 3.57. The summed E-state index contributed by atoms with van der Waals surface area (Å²) in [7, 11) is 0. The summed E-state index contributed by atoms with van der Waals surface area (Å²) < 4.78 is 0. The van der Waals surface area contributed by atoms with Crippen LogP contribution in [-0.4, -0.2) is 0 Å². The van der Waals surface area contributed by atoms with Gasteiger partial charge < -0.3 is 12.6 Å². The van der Waals surface area contributed by atoms with Crippen LogP contribution in [0.25, 0.3) is 0 Å². The van der Waals surface area contributed by atoms with Crippen molar-refractivity contribution in [1.29, 1.82) is 0 Å². The molecule has 1 aromatic rings. The summed E-state index contributed by atoms with van der Waals surface area (Å²) in [6.45, 7) is 2.23. The van der Waals surface area contributed by atoms with Crippen LogP contribution in [-0.2, 0) is 19.0 Å². The molecule has 0 aliphatic rings. The molecule has 0 amide bonds. The molecular formula is C11H15NaS. The maximum Gasteiger partial charge on any atom is 1.00 e. The maximum atomic E-state index is 5.01. The van der Waals surface area contributed by atoms with Gasteiger partial charge in [-0.1, -0.05) is 44.0 Å². The number of hydrogen-bond acceptors (Lipinski definition) is 1. The van der Waals surface area contributed by atoms with Gasteiger partial charge in [0.05, 0.1) is 0 Å². The molecule has 0 N–H and O–H groups in total. The molecule has 0 spiro atoms. The first-order chi connectivity index (χ1) is 5.83. The molecule has 0 radical (unpaired) electrons. The van der Waals surface area contributed by atoms with E-state index in [9.17, 15) is 0 Å². The van der Waals surface area contributed by atoms with Crippen molar-refractivity contribution in [2.24, 2.45) is 0 Å². The molecule has 1 rings (SSSR count). The summed E-state index contributed by atoms with van der Waals surface area (Å²) in [6.07, 6.45) is 5.12. The Balaban J connectivity index is 0.00000144. The molecule has 0 bridgehead atoms. The van der Waals surface area contributed by atoms with E-state index in [2.05, 4.69) is 19.1 Å². The van der Waals surface area contributed by atoms with Crippen molar-refractivity contribution in [3.05, 3.63) is 29.8 Å².